The first kappa shape index (κ1) is 18.4. The molecule has 0 spiro atoms. The normalized spacial score (nSPS) is 11.5. The molecule has 24 heavy (non-hydrogen) atoms. The molecule has 0 radical (unpaired) electrons. The number of nitrogens with one attached hydrogen (secondary N) is 1. The molecule has 0 fully saturated rings. The van der Waals surface area contributed by atoms with Crippen LogP contribution in [0.1, 0.15) is 13.8 Å². The van der Waals surface area contributed by atoms with Crippen LogP contribution in [0.5, 0.6) is 0 Å². The van der Waals surface area contributed by atoms with E-state index in [9.17, 15) is 17.6 Å². The molecule has 2 aromatic rings. The molecule has 0 aliphatic rings. The van der Waals surface area contributed by atoms with E-state index in [0.29, 0.717) is 6.54 Å². The van der Waals surface area contributed by atoms with Crippen molar-refractivity contribution in [2.75, 3.05) is 17.4 Å². The molecule has 1 heterocycles. The Balaban J connectivity index is 2.32. The van der Waals surface area contributed by atoms with Crippen molar-refractivity contribution in [2.45, 2.75) is 18.1 Å². The zero-order valence-corrected chi connectivity index (χ0v) is 15.0. The molecule has 1 N–H and O–H groups in total. The summed E-state index contributed by atoms with van der Waals surface area (Å²) >= 11 is 1.07. The summed E-state index contributed by atoms with van der Waals surface area (Å²) in [6.45, 7) is 3.98. The Morgan fingerprint density at radius 1 is 1.25 bits per heavy atom. The van der Waals surface area contributed by atoms with Crippen molar-refractivity contribution in [3.8, 4) is 0 Å². The molecular weight excluding hydrogens is 351 g/mol. The van der Waals surface area contributed by atoms with Crippen molar-refractivity contribution in [3.63, 3.8) is 0 Å². The fourth-order valence-corrected chi connectivity index (χ4v) is 4.47. The number of rotatable bonds is 7. The largest absolute Gasteiger partial charge is 0.354 e. The molecule has 0 atom stereocenters. The third-order valence-corrected chi connectivity index (χ3v) is 6.30. The van der Waals surface area contributed by atoms with Gasteiger partial charge < -0.3 is 5.32 Å². The van der Waals surface area contributed by atoms with Gasteiger partial charge in [0.15, 0.2) is 0 Å². The number of sulfonamides is 1. The minimum absolute atomic E-state index is 0.128. The number of hydrogen-bond acceptors (Lipinski definition) is 4. The lowest BCUT2D eigenvalue weighted by Gasteiger charge is -2.23. The van der Waals surface area contributed by atoms with Crippen molar-refractivity contribution in [1.29, 1.82) is 0 Å². The highest BCUT2D eigenvalue weighted by atomic mass is 32.2. The van der Waals surface area contributed by atoms with Crippen LogP contribution < -0.4 is 9.62 Å². The zero-order chi connectivity index (χ0) is 17.7. The Labute approximate surface area is 145 Å². The Bertz CT molecular complexity index is 772. The van der Waals surface area contributed by atoms with Gasteiger partial charge in [-0.05, 0) is 41.6 Å². The maximum absolute atomic E-state index is 13.1. The summed E-state index contributed by atoms with van der Waals surface area (Å²) in [5.74, 6) is -0.633. The van der Waals surface area contributed by atoms with Gasteiger partial charge in [-0.1, -0.05) is 19.9 Å². The zero-order valence-electron chi connectivity index (χ0n) is 13.4. The first-order chi connectivity index (χ1) is 11.3. The minimum atomic E-state index is -3.89. The van der Waals surface area contributed by atoms with Crippen molar-refractivity contribution in [2.24, 2.45) is 5.92 Å². The van der Waals surface area contributed by atoms with Gasteiger partial charge in [0.1, 0.15) is 16.6 Å². The first-order valence-corrected chi connectivity index (χ1v) is 9.71. The quantitative estimate of drug-likeness (QED) is 0.815. The predicted octanol–water partition coefficient (Wildman–Crippen LogP) is 2.85. The Hall–Kier alpha value is -1.93. The van der Waals surface area contributed by atoms with E-state index in [-0.39, 0.29) is 22.4 Å². The second-order valence-corrected chi connectivity index (χ2v) is 8.65. The van der Waals surface area contributed by atoms with Crippen LogP contribution >= 0.6 is 11.3 Å². The van der Waals surface area contributed by atoms with Gasteiger partial charge in [0.25, 0.3) is 10.0 Å². The summed E-state index contributed by atoms with van der Waals surface area (Å²) in [6, 6.07) is 8.12. The lowest BCUT2D eigenvalue weighted by molar-refractivity contribution is -0.119. The molecule has 130 valence electrons. The lowest BCUT2D eigenvalue weighted by Crippen LogP contribution is -2.41. The number of amides is 1. The van der Waals surface area contributed by atoms with E-state index in [2.05, 4.69) is 5.32 Å². The van der Waals surface area contributed by atoms with E-state index in [1.54, 1.807) is 11.4 Å². The third kappa shape index (κ3) is 4.55. The Kier molecular flexibility index (Phi) is 5.95. The lowest BCUT2D eigenvalue weighted by atomic mass is 10.2. The third-order valence-electron chi connectivity index (χ3n) is 3.15. The van der Waals surface area contributed by atoms with Gasteiger partial charge in [-0.25, -0.2) is 12.8 Å². The fraction of sp³-hybridized carbons (Fsp3) is 0.312. The van der Waals surface area contributed by atoms with Gasteiger partial charge in [-0.15, -0.1) is 11.3 Å². The summed E-state index contributed by atoms with van der Waals surface area (Å²) in [5, 5.41) is 4.34. The summed E-state index contributed by atoms with van der Waals surface area (Å²) in [5.41, 5.74) is 0.240. The van der Waals surface area contributed by atoms with Gasteiger partial charge >= 0.3 is 0 Å². The van der Waals surface area contributed by atoms with Gasteiger partial charge in [-0.3, -0.25) is 9.10 Å². The van der Waals surface area contributed by atoms with Crippen LogP contribution in [0, 0.1) is 11.7 Å². The average molecular weight is 370 g/mol. The number of benzene rings is 1. The maximum atomic E-state index is 13.1. The monoisotopic (exact) mass is 370 g/mol. The molecule has 1 aromatic carbocycles. The number of anilines is 1. The van der Waals surface area contributed by atoms with Crippen LogP contribution in [0.2, 0.25) is 0 Å². The van der Waals surface area contributed by atoms with Crippen LogP contribution in [0.25, 0.3) is 0 Å². The van der Waals surface area contributed by atoms with E-state index in [1.807, 2.05) is 13.8 Å². The first-order valence-electron chi connectivity index (χ1n) is 7.39. The molecule has 2 rings (SSSR count). The second kappa shape index (κ2) is 7.76. The minimum Gasteiger partial charge on any atom is -0.354 e. The smallest absolute Gasteiger partial charge is 0.274 e. The maximum Gasteiger partial charge on any atom is 0.274 e. The number of thiophene rings is 1. The van der Waals surface area contributed by atoms with Crippen molar-refractivity contribution in [3.05, 3.63) is 47.6 Å². The molecular formula is C16H19FN2O3S2. The predicted molar refractivity (Wildman–Crippen MR) is 93.1 cm³/mol. The number of carbonyl (C=O) groups excluding carboxylic acids is 1. The molecule has 1 amide bonds. The average Bonchev–Trinajstić information content (AvgIpc) is 3.07. The van der Waals surface area contributed by atoms with Gasteiger partial charge in [0.2, 0.25) is 5.91 Å². The van der Waals surface area contributed by atoms with Crippen molar-refractivity contribution >= 4 is 33.0 Å². The molecule has 0 saturated heterocycles. The molecule has 0 saturated carbocycles. The highest BCUT2D eigenvalue weighted by Crippen LogP contribution is 2.26. The summed E-state index contributed by atoms with van der Waals surface area (Å²) < 4.78 is 39.9. The Morgan fingerprint density at radius 2 is 1.92 bits per heavy atom. The van der Waals surface area contributed by atoms with Gasteiger partial charge in [-0.2, -0.15) is 0 Å². The van der Waals surface area contributed by atoms with Gasteiger partial charge in [0, 0.05) is 6.54 Å². The Morgan fingerprint density at radius 3 is 2.46 bits per heavy atom. The second-order valence-electron chi connectivity index (χ2n) is 5.62. The molecule has 0 aliphatic carbocycles. The number of hydrogen-bond donors (Lipinski definition) is 1. The van der Waals surface area contributed by atoms with E-state index in [0.717, 1.165) is 27.8 Å². The molecule has 5 nitrogen and oxygen atoms in total. The van der Waals surface area contributed by atoms with Crippen LogP contribution in [-0.2, 0) is 14.8 Å². The van der Waals surface area contributed by atoms with Crippen molar-refractivity contribution in [1.82, 2.24) is 5.32 Å². The number of nitrogens with zero attached hydrogens (tertiary/aromatic N) is 1. The van der Waals surface area contributed by atoms with Crippen molar-refractivity contribution < 1.29 is 17.6 Å². The number of halogens is 1. The fourth-order valence-electron chi connectivity index (χ4n) is 1.95. The SMILES string of the molecule is CC(C)CNC(=O)CN(c1ccc(F)cc1)S(=O)(=O)c1cccs1. The van der Waals surface area contributed by atoms with Crippen LogP contribution in [0.15, 0.2) is 46.0 Å². The highest BCUT2D eigenvalue weighted by molar-refractivity contribution is 7.94. The van der Waals surface area contributed by atoms with E-state index < -0.39 is 21.7 Å². The molecule has 0 aliphatic heterocycles. The standard InChI is InChI=1S/C16H19FN2O3S2/c1-12(2)10-18-15(20)11-19(14-7-5-13(17)6-8-14)24(21,22)16-4-3-9-23-16/h3-9,12H,10-11H2,1-2H3,(H,18,20). The summed E-state index contributed by atoms with van der Waals surface area (Å²) in [6.07, 6.45) is 0. The van der Waals surface area contributed by atoms with Crippen LogP contribution in [-0.4, -0.2) is 27.4 Å². The molecule has 0 bridgehead atoms. The number of carbonyl (C=O) groups is 1. The van der Waals surface area contributed by atoms with E-state index in [4.69, 9.17) is 0 Å². The summed E-state index contributed by atoms with van der Waals surface area (Å²) in [4.78, 5) is 12.1. The highest BCUT2D eigenvalue weighted by Gasteiger charge is 2.28. The topological polar surface area (TPSA) is 66.5 Å². The van der Waals surface area contributed by atoms with Gasteiger partial charge in [0.05, 0.1) is 5.69 Å². The van der Waals surface area contributed by atoms with Crippen LogP contribution in [0.3, 0.4) is 0 Å². The summed E-state index contributed by atoms with van der Waals surface area (Å²) in [7, 11) is -3.89. The van der Waals surface area contributed by atoms with E-state index >= 15 is 0 Å². The van der Waals surface area contributed by atoms with Crippen LogP contribution in [0.4, 0.5) is 10.1 Å². The van der Waals surface area contributed by atoms with E-state index in [1.165, 1.54) is 18.2 Å². The molecule has 0 unspecified atom stereocenters. The molecule has 1 aromatic heterocycles. The molecule has 8 heteroatoms.